The third kappa shape index (κ3) is 7.05. The number of imide groups is 1. The summed E-state index contributed by atoms with van der Waals surface area (Å²) < 4.78 is 0.00131. The van der Waals surface area contributed by atoms with Crippen LogP contribution in [0.25, 0.3) is 0 Å². The molecule has 0 aliphatic carbocycles. The van der Waals surface area contributed by atoms with E-state index in [1.807, 2.05) is 23.5 Å². The van der Waals surface area contributed by atoms with Crippen LogP contribution in [0.2, 0.25) is 0 Å². The highest BCUT2D eigenvalue weighted by Gasteiger charge is 2.34. The molecule has 1 heterocycles. The predicted octanol–water partition coefficient (Wildman–Crippen LogP) is 5.34. The van der Waals surface area contributed by atoms with E-state index in [4.69, 9.17) is 5.11 Å². The molecule has 0 spiro atoms. The number of carboxylic acid groups (broad SMARTS) is 1. The van der Waals surface area contributed by atoms with Gasteiger partial charge in [0.05, 0.1) is 11.1 Å². The number of rotatable bonds is 12. The fraction of sp³-hybridized carbons (Fsp3) is 0.609. The number of thioether (sulfide) groups is 2. The number of nitrogens with zero attached hydrogens (tertiary/aromatic N) is 1. The summed E-state index contributed by atoms with van der Waals surface area (Å²) in [6.07, 6.45) is 2.63. The molecule has 1 aromatic carbocycles. The van der Waals surface area contributed by atoms with Gasteiger partial charge in [-0.15, -0.1) is 0 Å². The van der Waals surface area contributed by atoms with Crippen molar-refractivity contribution in [1.82, 2.24) is 4.90 Å². The molecule has 1 aliphatic heterocycles. The first-order valence-electron chi connectivity index (χ1n) is 10.4. The molecule has 2 rings (SSSR count). The number of amides is 2. The minimum atomic E-state index is -0.745. The van der Waals surface area contributed by atoms with E-state index >= 15 is 0 Å². The average Bonchev–Trinajstić information content (AvgIpc) is 2.87. The second kappa shape index (κ2) is 10.2. The van der Waals surface area contributed by atoms with E-state index in [1.54, 1.807) is 24.3 Å². The lowest BCUT2D eigenvalue weighted by molar-refractivity contribution is -0.137. The van der Waals surface area contributed by atoms with E-state index in [-0.39, 0.29) is 27.7 Å². The number of carbonyl (C=O) groups excluding carboxylic acids is 2. The van der Waals surface area contributed by atoms with E-state index in [0.29, 0.717) is 29.3 Å². The topological polar surface area (TPSA) is 74.7 Å². The Labute approximate surface area is 188 Å². The number of aliphatic carboxylic acids is 1. The monoisotopic (exact) mass is 451 g/mol. The Morgan fingerprint density at radius 1 is 1.07 bits per heavy atom. The molecule has 0 fully saturated rings. The molecule has 1 aliphatic rings. The molecule has 1 aromatic rings. The SMILES string of the molecule is CC(CC(C)(C)SCCCN1C(=O)c2ccccc2C1=O)SC(C)(C)CCC(=O)O. The number of carboxylic acids is 1. The van der Waals surface area contributed by atoms with E-state index in [0.717, 1.165) is 18.6 Å². The van der Waals surface area contributed by atoms with Crippen LogP contribution >= 0.6 is 23.5 Å². The van der Waals surface area contributed by atoms with Crippen molar-refractivity contribution in [2.45, 2.75) is 75.0 Å². The lowest BCUT2D eigenvalue weighted by atomic mass is 10.1. The van der Waals surface area contributed by atoms with Gasteiger partial charge in [-0.3, -0.25) is 19.3 Å². The van der Waals surface area contributed by atoms with E-state index in [1.165, 1.54) is 4.90 Å². The van der Waals surface area contributed by atoms with Crippen LogP contribution in [0.5, 0.6) is 0 Å². The van der Waals surface area contributed by atoms with Gasteiger partial charge in [-0.2, -0.15) is 23.5 Å². The Kier molecular flexibility index (Phi) is 8.45. The van der Waals surface area contributed by atoms with Gasteiger partial charge in [-0.1, -0.05) is 46.8 Å². The number of hydrogen-bond donors (Lipinski definition) is 1. The molecule has 166 valence electrons. The molecule has 0 radical (unpaired) electrons. The predicted molar refractivity (Wildman–Crippen MR) is 126 cm³/mol. The molecule has 7 heteroatoms. The van der Waals surface area contributed by atoms with Crippen LogP contribution in [-0.2, 0) is 4.79 Å². The fourth-order valence-electron chi connectivity index (χ4n) is 3.82. The molecule has 5 nitrogen and oxygen atoms in total. The van der Waals surface area contributed by atoms with Crippen molar-refractivity contribution in [3.8, 4) is 0 Å². The Morgan fingerprint density at radius 3 is 2.17 bits per heavy atom. The summed E-state index contributed by atoms with van der Waals surface area (Å²) in [5.41, 5.74) is 1.01. The van der Waals surface area contributed by atoms with Crippen LogP contribution in [0.3, 0.4) is 0 Å². The summed E-state index contributed by atoms with van der Waals surface area (Å²) in [6, 6.07) is 7.00. The van der Waals surface area contributed by atoms with Crippen LogP contribution < -0.4 is 0 Å². The Balaban J connectivity index is 1.76. The molecular formula is C23H33NO4S2. The average molecular weight is 452 g/mol. The quantitative estimate of drug-likeness (QED) is 0.341. The molecule has 0 saturated carbocycles. The van der Waals surface area contributed by atoms with Crippen LogP contribution in [0.15, 0.2) is 24.3 Å². The van der Waals surface area contributed by atoms with E-state index < -0.39 is 5.97 Å². The first-order valence-corrected chi connectivity index (χ1v) is 12.3. The molecule has 0 saturated heterocycles. The Morgan fingerprint density at radius 2 is 1.63 bits per heavy atom. The summed E-state index contributed by atoms with van der Waals surface area (Å²) in [6.45, 7) is 11.3. The number of benzene rings is 1. The molecule has 1 atom stereocenters. The number of hydrogen-bond acceptors (Lipinski definition) is 5. The van der Waals surface area contributed by atoms with Gasteiger partial charge in [-0.25, -0.2) is 0 Å². The van der Waals surface area contributed by atoms with Crippen molar-refractivity contribution >= 4 is 41.3 Å². The zero-order valence-corrected chi connectivity index (χ0v) is 20.2. The second-order valence-corrected chi connectivity index (χ2v) is 13.0. The summed E-state index contributed by atoms with van der Waals surface area (Å²) in [5, 5.41) is 9.33. The number of fused-ring (bicyclic) bond motifs is 1. The molecule has 0 bridgehead atoms. The molecule has 0 aromatic heterocycles. The van der Waals surface area contributed by atoms with Crippen LogP contribution in [-0.4, -0.2) is 54.8 Å². The normalized spacial score (nSPS) is 15.4. The minimum absolute atomic E-state index is 0.0654. The van der Waals surface area contributed by atoms with Crippen molar-refractivity contribution < 1.29 is 19.5 Å². The Bertz CT molecular complexity index is 756. The van der Waals surface area contributed by atoms with Gasteiger partial charge in [0.25, 0.3) is 11.8 Å². The Hall–Kier alpha value is -1.47. The maximum absolute atomic E-state index is 12.4. The third-order valence-electron chi connectivity index (χ3n) is 5.14. The van der Waals surface area contributed by atoms with Crippen LogP contribution in [0.4, 0.5) is 0 Å². The minimum Gasteiger partial charge on any atom is -0.481 e. The lowest BCUT2D eigenvalue weighted by Gasteiger charge is -2.32. The highest BCUT2D eigenvalue weighted by atomic mass is 32.2. The summed E-state index contributed by atoms with van der Waals surface area (Å²) >= 11 is 3.71. The van der Waals surface area contributed by atoms with Crippen molar-refractivity contribution in [2.24, 2.45) is 0 Å². The highest BCUT2D eigenvalue weighted by Crippen LogP contribution is 2.39. The van der Waals surface area contributed by atoms with Gasteiger partial charge < -0.3 is 5.11 Å². The van der Waals surface area contributed by atoms with Gasteiger partial charge in [-0.05, 0) is 37.1 Å². The highest BCUT2D eigenvalue weighted by molar-refractivity contribution is 8.01. The van der Waals surface area contributed by atoms with Crippen LogP contribution in [0.1, 0.15) is 81.0 Å². The summed E-state index contributed by atoms with van der Waals surface area (Å²) in [7, 11) is 0. The molecule has 1 unspecified atom stereocenters. The molecule has 30 heavy (non-hydrogen) atoms. The first-order chi connectivity index (χ1) is 13.9. The smallest absolute Gasteiger partial charge is 0.303 e. The van der Waals surface area contributed by atoms with Gasteiger partial charge in [0.2, 0.25) is 0 Å². The van der Waals surface area contributed by atoms with Gasteiger partial charge in [0.15, 0.2) is 0 Å². The maximum Gasteiger partial charge on any atom is 0.303 e. The summed E-state index contributed by atoms with van der Waals surface area (Å²) in [5.74, 6) is -0.243. The standard InChI is InChI=1S/C23H33NO4S2/c1-16(30-22(2,3)12-11-19(25)26)15-23(4,5)29-14-8-13-24-20(27)17-9-6-7-10-18(17)21(24)28/h6-7,9-10,16H,8,11-15H2,1-5H3,(H,25,26). The van der Waals surface area contributed by atoms with Crippen molar-refractivity contribution in [3.63, 3.8) is 0 Å². The van der Waals surface area contributed by atoms with Gasteiger partial charge >= 0.3 is 5.97 Å². The second-order valence-electron chi connectivity index (χ2n) is 9.06. The van der Waals surface area contributed by atoms with Crippen molar-refractivity contribution in [2.75, 3.05) is 12.3 Å². The van der Waals surface area contributed by atoms with Crippen molar-refractivity contribution in [3.05, 3.63) is 35.4 Å². The first kappa shape index (κ1) is 24.8. The molecule has 1 N–H and O–H groups in total. The van der Waals surface area contributed by atoms with Crippen LogP contribution in [0, 0.1) is 0 Å². The molecule has 2 amide bonds. The lowest BCUT2D eigenvalue weighted by Crippen LogP contribution is -2.31. The fourth-order valence-corrected chi connectivity index (χ4v) is 6.93. The number of carbonyl (C=O) groups is 3. The summed E-state index contributed by atoms with van der Waals surface area (Å²) in [4.78, 5) is 37.1. The zero-order chi connectivity index (χ0) is 22.5. The van der Waals surface area contributed by atoms with E-state index in [2.05, 4.69) is 34.6 Å². The van der Waals surface area contributed by atoms with Gasteiger partial charge in [0, 0.05) is 27.7 Å². The van der Waals surface area contributed by atoms with Gasteiger partial charge in [0.1, 0.15) is 0 Å². The van der Waals surface area contributed by atoms with E-state index in [9.17, 15) is 14.4 Å². The largest absolute Gasteiger partial charge is 0.481 e. The maximum atomic E-state index is 12.4. The van der Waals surface area contributed by atoms with Crippen molar-refractivity contribution in [1.29, 1.82) is 0 Å². The zero-order valence-electron chi connectivity index (χ0n) is 18.6. The third-order valence-corrected chi connectivity index (χ3v) is 7.99. The molecular weight excluding hydrogens is 418 g/mol.